The molecule has 0 spiro atoms. The van der Waals surface area contributed by atoms with E-state index in [0.29, 0.717) is 0 Å². The molecular weight excluding hydrogens is 270 g/mol. The van der Waals surface area contributed by atoms with Crippen LogP contribution in [0, 0.1) is 10.1 Å². The van der Waals surface area contributed by atoms with Crippen LogP contribution in [0.5, 0.6) is 0 Å². The van der Waals surface area contributed by atoms with Crippen molar-refractivity contribution < 1.29 is 14.5 Å². The molecule has 0 aliphatic heterocycles. The van der Waals surface area contributed by atoms with Crippen LogP contribution in [0.2, 0.25) is 0 Å². The Hall–Kier alpha value is -1.91. The number of carbonyl (C=O) groups excluding carboxylic acids is 1. The Labute approximate surface area is 126 Å². The molecule has 0 rings (SSSR count). The van der Waals surface area contributed by atoms with E-state index >= 15 is 0 Å². The van der Waals surface area contributed by atoms with Crippen LogP contribution in [0.1, 0.15) is 51.9 Å². The van der Waals surface area contributed by atoms with Gasteiger partial charge in [-0.15, -0.1) is 0 Å². The number of nitro groups is 1. The Bertz CT molecular complexity index is 397. The lowest BCUT2D eigenvalue weighted by Crippen LogP contribution is -1.93. The quantitative estimate of drug-likeness (QED) is 0.143. The van der Waals surface area contributed by atoms with Gasteiger partial charge in [-0.2, -0.15) is 0 Å². The van der Waals surface area contributed by atoms with Crippen molar-refractivity contribution in [2.24, 2.45) is 0 Å². The Balaban J connectivity index is 3.45. The monoisotopic (exact) mass is 295 g/mol. The summed E-state index contributed by atoms with van der Waals surface area (Å²) in [6, 6.07) is 0. The minimum absolute atomic E-state index is 0.227. The predicted octanol–water partition coefficient (Wildman–Crippen LogP) is 4.18. The molecule has 0 bridgehead atoms. The maximum atomic E-state index is 10.8. The fraction of sp³-hybridized carbons (Fsp3) is 0.562. The Morgan fingerprint density at radius 3 is 2.24 bits per heavy atom. The van der Waals surface area contributed by atoms with E-state index in [4.69, 9.17) is 0 Å². The van der Waals surface area contributed by atoms with Gasteiger partial charge in [-0.05, 0) is 51.0 Å². The maximum Gasteiger partial charge on any atom is 0.330 e. The first-order valence-corrected chi connectivity index (χ1v) is 7.28. The van der Waals surface area contributed by atoms with Gasteiger partial charge in [-0.3, -0.25) is 10.1 Å². The van der Waals surface area contributed by atoms with Crippen LogP contribution in [0.25, 0.3) is 0 Å². The molecule has 0 aromatic rings. The molecule has 0 saturated carbocycles. The third-order valence-corrected chi connectivity index (χ3v) is 2.92. The number of rotatable bonds is 11. The number of carbonyl (C=O) groups is 1. The van der Waals surface area contributed by atoms with E-state index in [0.717, 1.165) is 44.9 Å². The molecule has 118 valence electrons. The molecular formula is C16H25NO4. The molecule has 5 heteroatoms. The first kappa shape index (κ1) is 19.1. The SMILES string of the molecule is COC(=O)/C=C/CCC/C=C/CCCC/C=C(\C)[N+](=O)[O-]. The van der Waals surface area contributed by atoms with Gasteiger partial charge >= 0.3 is 5.97 Å². The molecule has 0 heterocycles. The number of methoxy groups -OCH3 is 1. The van der Waals surface area contributed by atoms with Crippen molar-refractivity contribution in [3.05, 3.63) is 46.2 Å². The highest BCUT2D eigenvalue weighted by atomic mass is 16.6. The van der Waals surface area contributed by atoms with E-state index < -0.39 is 0 Å². The number of ether oxygens (including phenoxy) is 1. The average Bonchev–Trinajstić information content (AvgIpc) is 2.47. The molecule has 0 fully saturated rings. The minimum Gasteiger partial charge on any atom is -0.466 e. The summed E-state index contributed by atoms with van der Waals surface area (Å²) in [5.74, 6) is -0.313. The highest BCUT2D eigenvalue weighted by molar-refractivity contribution is 5.81. The molecule has 0 N–H and O–H groups in total. The van der Waals surface area contributed by atoms with Crippen LogP contribution in [-0.4, -0.2) is 18.0 Å². The maximum absolute atomic E-state index is 10.8. The zero-order chi connectivity index (χ0) is 15.9. The highest BCUT2D eigenvalue weighted by Crippen LogP contribution is 2.06. The summed E-state index contributed by atoms with van der Waals surface area (Å²) in [5, 5.41) is 10.4. The zero-order valence-electron chi connectivity index (χ0n) is 12.9. The van der Waals surface area contributed by atoms with Crippen LogP contribution < -0.4 is 0 Å². The van der Waals surface area contributed by atoms with E-state index in [1.807, 2.05) is 6.08 Å². The minimum atomic E-state index is -0.353. The molecule has 0 unspecified atom stereocenters. The summed E-state index contributed by atoms with van der Waals surface area (Å²) in [5.41, 5.74) is 0.227. The molecule has 0 atom stereocenters. The summed E-state index contributed by atoms with van der Waals surface area (Å²) >= 11 is 0. The van der Waals surface area contributed by atoms with Crippen molar-refractivity contribution >= 4 is 5.97 Å². The molecule has 0 aliphatic rings. The summed E-state index contributed by atoms with van der Waals surface area (Å²) < 4.78 is 4.49. The third-order valence-electron chi connectivity index (χ3n) is 2.92. The van der Waals surface area contributed by atoms with Crippen molar-refractivity contribution in [2.75, 3.05) is 7.11 Å². The number of hydrogen-bond donors (Lipinski definition) is 0. The van der Waals surface area contributed by atoms with Crippen LogP contribution in [0.15, 0.2) is 36.1 Å². The van der Waals surface area contributed by atoms with Gasteiger partial charge in [0.15, 0.2) is 0 Å². The molecule has 0 aliphatic carbocycles. The van der Waals surface area contributed by atoms with Crippen LogP contribution in [-0.2, 0) is 9.53 Å². The lowest BCUT2D eigenvalue weighted by atomic mass is 10.1. The Kier molecular flexibility index (Phi) is 11.9. The van der Waals surface area contributed by atoms with Gasteiger partial charge in [0, 0.05) is 13.0 Å². The van der Waals surface area contributed by atoms with Gasteiger partial charge in [0.2, 0.25) is 5.70 Å². The van der Waals surface area contributed by atoms with E-state index in [2.05, 4.69) is 16.9 Å². The van der Waals surface area contributed by atoms with Gasteiger partial charge in [0.25, 0.3) is 0 Å². The fourth-order valence-corrected chi connectivity index (χ4v) is 1.63. The molecule has 0 radical (unpaired) electrons. The van der Waals surface area contributed by atoms with E-state index in [1.54, 1.807) is 6.08 Å². The lowest BCUT2D eigenvalue weighted by molar-refractivity contribution is -0.424. The second-order valence-corrected chi connectivity index (χ2v) is 4.71. The van der Waals surface area contributed by atoms with Gasteiger partial charge in [0.1, 0.15) is 0 Å². The number of esters is 1. The number of nitrogens with zero attached hydrogens (tertiary/aromatic N) is 1. The van der Waals surface area contributed by atoms with E-state index in [-0.39, 0.29) is 16.6 Å². The van der Waals surface area contributed by atoms with Crippen LogP contribution in [0.4, 0.5) is 0 Å². The average molecular weight is 295 g/mol. The number of allylic oxidation sites excluding steroid dienone is 5. The number of hydrogen-bond acceptors (Lipinski definition) is 4. The van der Waals surface area contributed by atoms with Crippen molar-refractivity contribution in [3.63, 3.8) is 0 Å². The normalized spacial score (nSPS) is 12.2. The summed E-state index contributed by atoms with van der Waals surface area (Å²) in [6.07, 6.45) is 15.9. The Morgan fingerprint density at radius 1 is 1.05 bits per heavy atom. The predicted molar refractivity (Wildman–Crippen MR) is 83.4 cm³/mol. The standard InChI is InChI=1S/C16H25NO4/c1-15(17(19)20)13-11-9-7-5-3-4-6-8-10-12-14-16(18)21-2/h3-4,12-14H,5-11H2,1-2H3/b4-3+,14-12+,15-13+. The topological polar surface area (TPSA) is 69.4 Å². The zero-order valence-corrected chi connectivity index (χ0v) is 12.9. The third kappa shape index (κ3) is 12.9. The largest absolute Gasteiger partial charge is 0.466 e. The highest BCUT2D eigenvalue weighted by Gasteiger charge is 1.99. The molecule has 0 aromatic carbocycles. The summed E-state index contributed by atoms with van der Waals surface area (Å²) in [6.45, 7) is 1.52. The Morgan fingerprint density at radius 2 is 1.62 bits per heavy atom. The summed E-state index contributed by atoms with van der Waals surface area (Å²) in [7, 11) is 1.36. The first-order valence-electron chi connectivity index (χ1n) is 7.28. The summed E-state index contributed by atoms with van der Waals surface area (Å²) in [4.78, 5) is 20.8. The number of unbranched alkanes of at least 4 members (excludes halogenated alkanes) is 5. The first-order chi connectivity index (χ1) is 10.1. The van der Waals surface area contributed by atoms with Crippen LogP contribution >= 0.6 is 0 Å². The van der Waals surface area contributed by atoms with Crippen molar-refractivity contribution in [2.45, 2.75) is 51.9 Å². The second-order valence-electron chi connectivity index (χ2n) is 4.71. The van der Waals surface area contributed by atoms with Gasteiger partial charge < -0.3 is 4.74 Å². The van der Waals surface area contributed by atoms with Crippen molar-refractivity contribution in [3.8, 4) is 0 Å². The van der Waals surface area contributed by atoms with Gasteiger partial charge in [0.05, 0.1) is 12.0 Å². The molecule has 21 heavy (non-hydrogen) atoms. The molecule has 0 aromatic heterocycles. The van der Waals surface area contributed by atoms with Crippen LogP contribution in [0.3, 0.4) is 0 Å². The van der Waals surface area contributed by atoms with E-state index in [1.165, 1.54) is 20.1 Å². The fourth-order valence-electron chi connectivity index (χ4n) is 1.63. The lowest BCUT2D eigenvalue weighted by Gasteiger charge is -1.94. The van der Waals surface area contributed by atoms with Gasteiger partial charge in [-0.1, -0.05) is 18.2 Å². The van der Waals surface area contributed by atoms with E-state index in [9.17, 15) is 14.9 Å². The molecule has 5 nitrogen and oxygen atoms in total. The smallest absolute Gasteiger partial charge is 0.330 e. The molecule has 0 amide bonds. The van der Waals surface area contributed by atoms with Gasteiger partial charge in [-0.25, -0.2) is 4.79 Å². The van der Waals surface area contributed by atoms with Crippen molar-refractivity contribution in [1.82, 2.24) is 0 Å². The molecule has 0 saturated heterocycles. The second kappa shape index (κ2) is 13.1. The van der Waals surface area contributed by atoms with Crippen molar-refractivity contribution in [1.29, 1.82) is 0 Å².